The molecule has 14 heteroatoms. The number of hydrogen-bond acceptors (Lipinski definition) is 12. The molecule has 0 spiro atoms. The zero-order valence-corrected chi connectivity index (χ0v) is 26.2. The molecule has 13 nitrogen and oxygen atoms in total. The maximum atomic E-state index is 13.4. The number of hydrogen-bond donors (Lipinski definition) is 1. The van der Waals surface area contributed by atoms with Crippen molar-refractivity contribution in [3.63, 3.8) is 0 Å². The highest BCUT2D eigenvalue weighted by Gasteiger charge is 2.56. The second-order valence-electron chi connectivity index (χ2n) is 10.4. The Bertz CT molecular complexity index is 999. The summed E-state index contributed by atoms with van der Waals surface area (Å²) in [6, 6.07) is 0. The molecule has 1 heterocycles. The lowest BCUT2D eigenvalue weighted by Gasteiger charge is -2.43. The monoisotopic (exact) mass is 621 g/mol. The summed E-state index contributed by atoms with van der Waals surface area (Å²) in [6.07, 6.45) is 4.74. The van der Waals surface area contributed by atoms with Crippen LogP contribution in [0.2, 0.25) is 0 Å². The quantitative estimate of drug-likeness (QED) is 0.127. The van der Waals surface area contributed by atoms with E-state index in [4.69, 9.17) is 23.7 Å². The topological polar surface area (TPSA) is 178 Å². The minimum absolute atomic E-state index is 0.281. The van der Waals surface area contributed by atoms with E-state index < -0.39 is 81.8 Å². The Balaban J connectivity index is 2.91. The molecule has 0 aromatic heterocycles. The molecule has 1 aliphatic heterocycles. The van der Waals surface area contributed by atoms with Crippen molar-refractivity contribution < 1.29 is 56.1 Å². The second-order valence-corrected chi connectivity index (χ2v) is 12.5. The van der Waals surface area contributed by atoms with Crippen molar-refractivity contribution in [2.24, 2.45) is 0 Å². The van der Waals surface area contributed by atoms with Gasteiger partial charge >= 0.3 is 23.9 Å². The smallest absolute Gasteiger partial charge is 0.303 e. The first-order chi connectivity index (χ1) is 19.8. The normalized spacial score (nSPS) is 22.1. The molecule has 1 saturated heterocycles. The fourth-order valence-electron chi connectivity index (χ4n) is 4.63. The SMILES string of the molecule is CCCCCCCCCCCCNC(=O)CS(=O)(=O)[C@@H]1O[C@H](COC(C)=O)[C@@H](OC(C)=O)[C@H](OC(C)=O)[C@H]1OC(C)=O. The molecule has 1 amide bonds. The predicted octanol–water partition coefficient (Wildman–Crippen LogP) is 2.52. The highest BCUT2D eigenvalue weighted by Crippen LogP contribution is 2.32. The summed E-state index contributed by atoms with van der Waals surface area (Å²) in [6.45, 7) is 6.07. The Hall–Kier alpha value is -2.74. The summed E-state index contributed by atoms with van der Waals surface area (Å²) < 4.78 is 53.1. The Morgan fingerprint density at radius 2 is 1.14 bits per heavy atom. The Morgan fingerprint density at radius 3 is 1.64 bits per heavy atom. The van der Waals surface area contributed by atoms with Crippen LogP contribution in [-0.4, -0.2) is 87.0 Å². The van der Waals surface area contributed by atoms with E-state index in [9.17, 15) is 32.4 Å². The zero-order chi connectivity index (χ0) is 31.7. The van der Waals surface area contributed by atoms with Crippen LogP contribution in [0.15, 0.2) is 0 Å². The average Bonchev–Trinajstić information content (AvgIpc) is 2.87. The number of carbonyl (C=O) groups is 5. The molecular formula is C28H47NO12S. The van der Waals surface area contributed by atoms with E-state index in [1.165, 1.54) is 38.5 Å². The lowest BCUT2D eigenvalue weighted by atomic mass is 9.99. The van der Waals surface area contributed by atoms with Crippen molar-refractivity contribution in [3.05, 3.63) is 0 Å². The molecule has 0 aliphatic carbocycles. The van der Waals surface area contributed by atoms with Crippen LogP contribution < -0.4 is 5.32 Å². The molecule has 1 rings (SSSR count). The van der Waals surface area contributed by atoms with Crippen LogP contribution in [-0.2, 0) is 57.5 Å². The lowest BCUT2D eigenvalue weighted by molar-refractivity contribution is -0.238. The molecule has 1 N–H and O–H groups in total. The number of esters is 4. The first-order valence-electron chi connectivity index (χ1n) is 14.6. The Morgan fingerprint density at radius 1 is 0.667 bits per heavy atom. The number of amides is 1. The van der Waals surface area contributed by atoms with Crippen LogP contribution in [0.1, 0.15) is 98.8 Å². The minimum Gasteiger partial charge on any atom is -0.463 e. The van der Waals surface area contributed by atoms with E-state index in [0.29, 0.717) is 6.42 Å². The van der Waals surface area contributed by atoms with Gasteiger partial charge in [0.25, 0.3) is 0 Å². The van der Waals surface area contributed by atoms with Crippen LogP contribution in [0.3, 0.4) is 0 Å². The fraction of sp³-hybridized carbons (Fsp3) is 0.821. The molecule has 242 valence electrons. The van der Waals surface area contributed by atoms with E-state index in [1.807, 2.05) is 0 Å². The summed E-state index contributed by atoms with van der Waals surface area (Å²) >= 11 is 0. The third-order valence-electron chi connectivity index (χ3n) is 6.49. The van der Waals surface area contributed by atoms with E-state index in [2.05, 4.69) is 12.2 Å². The van der Waals surface area contributed by atoms with Crippen LogP contribution in [0.5, 0.6) is 0 Å². The standard InChI is InChI=1S/C28H47NO12S/c1-6-7-8-9-10-11-12-13-14-15-16-29-24(34)18-42(35,36)28-27(40-22(5)33)26(39-21(4)32)25(38-20(3)31)23(41-28)17-37-19(2)30/h23,25-28H,6-18H2,1-5H3,(H,29,34)/t23-,25-,26+,27-,28+/m1/s1. The molecule has 0 unspecified atom stereocenters. The summed E-state index contributed by atoms with van der Waals surface area (Å²) in [5.74, 6) is -5.23. The van der Waals surface area contributed by atoms with Crippen molar-refractivity contribution in [3.8, 4) is 0 Å². The minimum atomic E-state index is -4.52. The average molecular weight is 622 g/mol. The second kappa shape index (κ2) is 19.4. The molecule has 0 bridgehead atoms. The van der Waals surface area contributed by atoms with Gasteiger partial charge in [0.05, 0.1) is 0 Å². The fourth-order valence-corrected chi connectivity index (χ4v) is 6.20. The number of nitrogens with one attached hydrogen (secondary N) is 1. The molecule has 42 heavy (non-hydrogen) atoms. The van der Waals surface area contributed by atoms with Crippen LogP contribution in [0.25, 0.3) is 0 Å². The van der Waals surface area contributed by atoms with Gasteiger partial charge < -0.3 is 29.0 Å². The number of sulfone groups is 1. The molecule has 0 radical (unpaired) electrons. The first kappa shape index (κ1) is 37.3. The molecular weight excluding hydrogens is 574 g/mol. The first-order valence-corrected chi connectivity index (χ1v) is 16.3. The lowest BCUT2D eigenvalue weighted by Crippen LogP contribution is -2.64. The van der Waals surface area contributed by atoms with Gasteiger partial charge in [0.15, 0.2) is 33.6 Å². The van der Waals surface area contributed by atoms with Gasteiger partial charge in [0, 0.05) is 34.2 Å². The van der Waals surface area contributed by atoms with Gasteiger partial charge in [0.2, 0.25) is 5.91 Å². The summed E-state index contributed by atoms with van der Waals surface area (Å²) in [7, 11) is -4.52. The molecule has 1 aliphatic rings. The van der Waals surface area contributed by atoms with Gasteiger partial charge in [-0.3, -0.25) is 24.0 Å². The van der Waals surface area contributed by atoms with Gasteiger partial charge in [-0.25, -0.2) is 8.42 Å². The number of carbonyl (C=O) groups excluding carboxylic acids is 5. The third kappa shape index (κ3) is 14.4. The maximum Gasteiger partial charge on any atom is 0.303 e. The van der Waals surface area contributed by atoms with E-state index in [1.54, 1.807) is 0 Å². The maximum absolute atomic E-state index is 13.4. The zero-order valence-electron chi connectivity index (χ0n) is 25.4. The number of unbranched alkanes of at least 4 members (excludes halogenated alkanes) is 9. The molecule has 5 atom stereocenters. The summed E-state index contributed by atoms with van der Waals surface area (Å²) in [4.78, 5) is 59.7. The molecule has 0 saturated carbocycles. The predicted molar refractivity (Wildman–Crippen MR) is 151 cm³/mol. The van der Waals surface area contributed by atoms with Crippen LogP contribution in [0.4, 0.5) is 0 Å². The highest BCUT2D eigenvalue weighted by atomic mass is 32.2. The molecule has 0 aromatic rings. The molecule has 1 fully saturated rings. The van der Waals surface area contributed by atoms with Crippen LogP contribution in [0, 0.1) is 0 Å². The van der Waals surface area contributed by atoms with E-state index >= 15 is 0 Å². The summed E-state index contributed by atoms with van der Waals surface area (Å²) in [5.41, 5.74) is -2.00. The van der Waals surface area contributed by atoms with Crippen molar-refractivity contribution in [1.82, 2.24) is 5.32 Å². The highest BCUT2D eigenvalue weighted by molar-refractivity contribution is 7.92. The number of ether oxygens (including phenoxy) is 5. The third-order valence-corrected chi connectivity index (χ3v) is 8.24. The van der Waals surface area contributed by atoms with Crippen molar-refractivity contribution in [2.45, 2.75) is 129 Å². The van der Waals surface area contributed by atoms with Gasteiger partial charge in [-0.05, 0) is 6.42 Å². The van der Waals surface area contributed by atoms with Gasteiger partial charge in [-0.1, -0.05) is 64.7 Å². The Labute approximate surface area is 248 Å². The van der Waals surface area contributed by atoms with Gasteiger partial charge in [0.1, 0.15) is 18.5 Å². The summed E-state index contributed by atoms with van der Waals surface area (Å²) in [5, 5.41) is 2.58. The number of rotatable bonds is 19. The Kier molecular flexibility index (Phi) is 17.3. The molecule has 0 aromatic carbocycles. The van der Waals surface area contributed by atoms with Crippen LogP contribution >= 0.6 is 0 Å². The van der Waals surface area contributed by atoms with E-state index in [0.717, 1.165) is 47.0 Å². The largest absolute Gasteiger partial charge is 0.463 e. The van der Waals surface area contributed by atoms with Crippen molar-refractivity contribution >= 4 is 39.6 Å². The van der Waals surface area contributed by atoms with Gasteiger partial charge in [-0.2, -0.15) is 0 Å². The van der Waals surface area contributed by atoms with Gasteiger partial charge in [-0.15, -0.1) is 0 Å². The van der Waals surface area contributed by atoms with E-state index in [-0.39, 0.29) is 6.54 Å². The van der Waals surface area contributed by atoms with Crippen molar-refractivity contribution in [1.29, 1.82) is 0 Å². The van der Waals surface area contributed by atoms with Crippen molar-refractivity contribution in [2.75, 3.05) is 18.9 Å².